The normalized spacial score (nSPS) is 11.6. The van der Waals surface area contributed by atoms with E-state index in [2.05, 4.69) is 15.4 Å². The molecular formula is C10H10N4O. The summed E-state index contributed by atoms with van der Waals surface area (Å²) < 4.78 is 0. The molecule has 0 fully saturated rings. The van der Waals surface area contributed by atoms with E-state index in [1.165, 1.54) is 4.80 Å². The highest BCUT2D eigenvalue weighted by atomic mass is 16.4. The van der Waals surface area contributed by atoms with Gasteiger partial charge < -0.3 is 5.21 Å². The van der Waals surface area contributed by atoms with Gasteiger partial charge in [0.25, 0.3) is 0 Å². The van der Waals surface area contributed by atoms with E-state index in [0.717, 1.165) is 5.56 Å². The predicted molar refractivity (Wildman–Crippen MR) is 54.8 cm³/mol. The van der Waals surface area contributed by atoms with Gasteiger partial charge in [0.1, 0.15) is 12.3 Å². The third-order valence-corrected chi connectivity index (χ3v) is 1.99. The minimum atomic E-state index is 0.355. The largest absolute Gasteiger partial charge is 0.411 e. The molecule has 2 rings (SSSR count). The molecule has 5 nitrogen and oxygen atoms in total. The molecule has 0 saturated carbocycles. The minimum Gasteiger partial charge on any atom is -0.411 e. The van der Waals surface area contributed by atoms with Crippen LogP contribution in [0.4, 0.5) is 0 Å². The fourth-order valence-electron chi connectivity index (χ4n) is 1.27. The number of hydrogen-bond donors (Lipinski definition) is 1. The monoisotopic (exact) mass is 202 g/mol. The summed E-state index contributed by atoms with van der Waals surface area (Å²) in [6.45, 7) is 0.355. The van der Waals surface area contributed by atoms with Gasteiger partial charge in [0, 0.05) is 5.56 Å². The molecule has 0 atom stereocenters. The molecule has 0 aliphatic rings. The van der Waals surface area contributed by atoms with E-state index in [0.29, 0.717) is 12.3 Å². The van der Waals surface area contributed by atoms with E-state index in [9.17, 15) is 0 Å². The van der Waals surface area contributed by atoms with Gasteiger partial charge in [-0.15, -0.1) is 0 Å². The minimum absolute atomic E-state index is 0.355. The van der Waals surface area contributed by atoms with Crippen LogP contribution in [-0.4, -0.2) is 25.9 Å². The van der Waals surface area contributed by atoms with Gasteiger partial charge >= 0.3 is 0 Å². The fraction of sp³-hybridized carbons (Fsp3) is 0.100. The van der Waals surface area contributed by atoms with Crippen molar-refractivity contribution < 1.29 is 5.21 Å². The van der Waals surface area contributed by atoms with Crippen LogP contribution in [0.2, 0.25) is 0 Å². The van der Waals surface area contributed by atoms with Crippen molar-refractivity contribution in [3.63, 3.8) is 0 Å². The van der Waals surface area contributed by atoms with E-state index in [1.54, 1.807) is 12.4 Å². The van der Waals surface area contributed by atoms with E-state index >= 15 is 0 Å². The third-order valence-electron chi connectivity index (χ3n) is 1.99. The average Bonchev–Trinajstić information content (AvgIpc) is 2.80. The van der Waals surface area contributed by atoms with E-state index in [1.807, 2.05) is 30.3 Å². The van der Waals surface area contributed by atoms with Crippen molar-refractivity contribution in [3.8, 4) is 0 Å². The van der Waals surface area contributed by atoms with Crippen LogP contribution in [0.5, 0.6) is 0 Å². The second kappa shape index (κ2) is 4.36. The summed E-state index contributed by atoms with van der Waals surface area (Å²) in [6, 6.07) is 9.43. The lowest BCUT2D eigenvalue weighted by molar-refractivity contribution is 0.316. The van der Waals surface area contributed by atoms with Gasteiger partial charge in [-0.3, -0.25) is 0 Å². The molecule has 0 spiro atoms. The molecule has 1 aromatic heterocycles. The Morgan fingerprint density at radius 3 is 2.47 bits per heavy atom. The highest BCUT2D eigenvalue weighted by Gasteiger charge is 2.05. The predicted octanol–water partition coefficient (Wildman–Crippen LogP) is 1.16. The second-order valence-corrected chi connectivity index (χ2v) is 2.97. The Kier molecular flexibility index (Phi) is 2.73. The zero-order valence-corrected chi connectivity index (χ0v) is 7.98. The van der Waals surface area contributed by atoms with Crippen molar-refractivity contribution >= 4 is 5.71 Å². The molecule has 0 radical (unpaired) electrons. The molecule has 0 amide bonds. The van der Waals surface area contributed by atoms with Crippen LogP contribution < -0.4 is 0 Å². The zero-order valence-electron chi connectivity index (χ0n) is 7.98. The van der Waals surface area contributed by atoms with Crippen LogP contribution in [0, 0.1) is 0 Å². The number of benzene rings is 1. The molecule has 0 aliphatic heterocycles. The fourth-order valence-corrected chi connectivity index (χ4v) is 1.27. The lowest BCUT2D eigenvalue weighted by Crippen LogP contribution is -2.14. The maximum Gasteiger partial charge on any atom is 0.110 e. The number of nitrogens with zero attached hydrogens (tertiary/aromatic N) is 4. The summed E-state index contributed by atoms with van der Waals surface area (Å²) in [5, 5.41) is 20.0. The van der Waals surface area contributed by atoms with Crippen molar-refractivity contribution in [2.45, 2.75) is 6.54 Å². The summed E-state index contributed by atoms with van der Waals surface area (Å²) in [5.41, 5.74) is 1.39. The van der Waals surface area contributed by atoms with Crippen molar-refractivity contribution in [2.75, 3.05) is 0 Å². The Morgan fingerprint density at radius 2 is 1.87 bits per heavy atom. The first-order valence-corrected chi connectivity index (χ1v) is 4.50. The molecule has 0 bridgehead atoms. The highest BCUT2D eigenvalue weighted by Crippen LogP contribution is 2.02. The molecule has 15 heavy (non-hydrogen) atoms. The Balaban J connectivity index is 2.20. The van der Waals surface area contributed by atoms with E-state index in [-0.39, 0.29) is 0 Å². The second-order valence-electron chi connectivity index (χ2n) is 2.97. The third kappa shape index (κ3) is 2.19. The molecule has 0 unspecified atom stereocenters. The number of hydrogen-bond acceptors (Lipinski definition) is 4. The quantitative estimate of drug-likeness (QED) is 0.461. The van der Waals surface area contributed by atoms with Crippen LogP contribution >= 0.6 is 0 Å². The Bertz CT molecular complexity index is 436. The van der Waals surface area contributed by atoms with E-state index in [4.69, 9.17) is 5.21 Å². The lowest BCUT2D eigenvalue weighted by Gasteiger charge is -2.03. The van der Waals surface area contributed by atoms with Crippen LogP contribution in [-0.2, 0) is 6.54 Å². The van der Waals surface area contributed by atoms with Crippen molar-refractivity contribution in [3.05, 3.63) is 48.3 Å². The highest BCUT2D eigenvalue weighted by molar-refractivity contribution is 5.99. The first kappa shape index (κ1) is 9.39. The molecular weight excluding hydrogens is 192 g/mol. The molecule has 1 aromatic carbocycles. The van der Waals surface area contributed by atoms with Crippen LogP contribution in [0.25, 0.3) is 0 Å². The number of aromatic nitrogens is 3. The van der Waals surface area contributed by atoms with Crippen molar-refractivity contribution in [1.82, 2.24) is 15.0 Å². The molecule has 0 saturated heterocycles. The first-order chi connectivity index (χ1) is 7.40. The van der Waals surface area contributed by atoms with Gasteiger partial charge in [0.2, 0.25) is 0 Å². The topological polar surface area (TPSA) is 63.3 Å². The van der Waals surface area contributed by atoms with Gasteiger partial charge in [-0.05, 0) is 0 Å². The van der Waals surface area contributed by atoms with Crippen LogP contribution in [0.1, 0.15) is 5.56 Å². The molecule has 0 aliphatic carbocycles. The summed E-state index contributed by atoms with van der Waals surface area (Å²) in [6.07, 6.45) is 3.17. The number of oxime groups is 1. The van der Waals surface area contributed by atoms with Gasteiger partial charge in [-0.25, -0.2) is 0 Å². The maximum atomic E-state index is 8.90. The van der Waals surface area contributed by atoms with Crippen molar-refractivity contribution in [2.24, 2.45) is 5.16 Å². The summed E-state index contributed by atoms with van der Waals surface area (Å²) in [5.74, 6) is 0. The van der Waals surface area contributed by atoms with Crippen molar-refractivity contribution in [1.29, 1.82) is 0 Å². The molecule has 5 heteroatoms. The lowest BCUT2D eigenvalue weighted by atomic mass is 10.1. The van der Waals surface area contributed by atoms with Gasteiger partial charge in [0.15, 0.2) is 0 Å². The van der Waals surface area contributed by atoms with Gasteiger partial charge in [0.05, 0.1) is 12.4 Å². The zero-order chi connectivity index (χ0) is 10.5. The standard InChI is InChI=1S/C10H10N4O/c15-13-10(8-14-11-6-7-12-14)9-4-2-1-3-5-9/h1-7,15H,8H2/b13-10-. The van der Waals surface area contributed by atoms with Gasteiger partial charge in [-0.2, -0.15) is 15.0 Å². The molecule has 2 aromatic rings. The van der Waals surface area contributed by atoms with Gasteiger partial charge in [-0.1, -0.05) is 35.5 Å². The summed E-state index contributed by atoms with van der Waals surface area (Å²) in [7, 11) is 0. The Morgan fingerprint density at radius 1 is 1.20 bits per heavy atom. The average molecular weight is 202 g/mol. The smallest absolute Gasteiger partial charge is 0.110 e. The number of rotatable bonds is 3. The molecule has 1 heterocycles. The Hall–Kier alpha value is -2.17. The Labute approximate surface area is 86.7 Å². The van der Waals surface area contributed by atoms with Crippen LogP contribution in [0.15, 0.2) is 47.9 Å². The van der Waals surface area contributed by atoms with E-state index < -0.39 is 0 Å². The molecule has 1 N–H and O–H groups in total. The summed E-state index contributed by atoms with van der Waals surface area (Å²) in [4.78, 5) is 1.46. The summed E-state index contributed by atoms with van der Waals surface area (Å²) >= 11 is 0. The SMILES string of the molecule is O/N=C(/Cn1nccn1)c1ccccc1. The maximum absolute atomic E-state index is 8.90. The molecule has 76 valence electrons. The first-order valence-electron chi connectivity index (χ1n) is 4.50. The van der Waals surface area contributed by atoms with Crippen LogP contribution in [0.3, 0.4) is 0 Å².